The van der Waals surface area contributed by atoms with Crippen molar-refractivity contribution in [1.82, 2.24) is 0 Å². The maximum absolute atomic E-state index is 11.9. The van der Waals surface area contributed by atoms with E-state index in [9.17, 15) is 9.90 Å². The molecule has 0 radical (unpaired) electrons. The second-order valence-electron chi connectivity index (χ2n) is 6.98. The zero-order valence-corrected chi connectivity index (χ0v) is 14.6. The van der Waals surface area contributed by atoms with E-state index < -0.39 is 17.2 Å². The van der Waals surface area contributed by atoms with Crippen LogP contribution >= 0.6 is 0 Å². The average Bonchev–Trinajstić information content (AvgIpc) is 2.46. The molecule has 0 fully saturated rings. The number of carbonyl (C=O) groups excluding carboxylic acids is 1. The van der Waals surface area contributed by atoms with Gasteiger partial charge in [-0.05, 0) is 57.5 Å². The summed E-state index contributed by atoms with van der Waals surface area (Å²) in [5.41, 5.74) is -1.23. The highest BCUT2D eigenvalue weighted by Gasteiger charge is 2.29. The van der Waals surface area contributed by atoms with Gasteiger partial charge < -0.3 is 14.6 Å². The van der Waals surface area contributed by atoms with E-state index in [4.69, 9.17) is 9.47 Å². The topological polar surface area (TPSA) is 55.8 Å². The number of hydrogen-bond donors (Lipinski definition) is 1. The van der Waals surface area contributed by atoms with Gasteiger partial charge in [0.25, 0.3) is 0 Å². The molecular formula is C20H24O4. The molecule has 1 N–H and O–H groups in total. The van der Waals surface area contributed by atoms with Crippen molar-refractivity contribution in [3.8, 4) is 11.5 Å². The van der Waals surface area contributed by atoms with E-state index in [2.05, 4.69) is 0 Å². The number of aliphatic hydroxyl groups is 1. The Bertz CT molecular complexity index is 667. The monoisotopic (exact) mass is 328 g/mol. The van der Waals surface area contributed by atoms with Crippen molar-refractivity contribution in [3.05, 3.63) is 60.2 Å². The van der Waals surface area contributed by atoms with Crippen molar-refractivity contribution >= 4 is 5.97 Å². The third kappa shape index (κ3) is 5.39. The third-order valence-electron chi connectivity index (χ3n) is 3.36. The molecule has 1 unspecified atom stereocenters. The zero-order chi connectivity index (χ0) is 17.8. The van der Waals surface area contributed by atoms with Crippen molar-refractivity contribution < 1.29 is 19.4 Å². The Morgan fingerprint density at radius 2 is 1.46 bits per heavy atom. The Morgan fingerprint density at radius 3 is 2.00 bits per heavy atom. The Balaban J connectivity index is 2.04. The number of carbonyl (C=O) groups is 1. The summed E-state index contributed by atoms with van der Waals surface area (Å²) in [6.45, 7) is 7.00. The van der Waals surface area contributed by atoms with Crippen molar-refractivity contribution in [3.63, 3.8) is 0 Å². The molecule has 0 aromatic heterocycles. The number of benzene rings is 2. The predicted octanol–water partition coefficient (Wildman–Crippen LogP) is 4.42. The minimum absolute atomic E-state index is 0.108. The molecule has 128 valence electrons. The fourth-order valence-corrected chi connectivity index (χ4v) is 2.27. The summed E-state index contributed by atoms with van der Waals surface area (Å²) in [4.78, 5) is 11.9. The molecule has 0 bridgehead atoms. The van der Waals surface area contributed by atoms with Gasteiger partial charge in [-0.3, -0.25) is 4.79 Å². The number of para-hydroxylation sites is 1. The van der Waals surface area contributed by atoms with Gasteiger partial charge in [0.1, 0.15) is 17.1 Å². The first-order valence-corrected chi connectivity index (χ1v) is 7.93. The van der Waals surface area contributed by atoms with Crippen molar-refractivity contribution in [2.75, 3.05) is 0 Å². The van der Waals surface area contributed by atoms with E-state index >= 15 is 0 Å². The lowest BCUT2D eigenvalue weighted by atomic mass is 9.92. The fraction of sp³-hybridized carbons (Fsp3) is 0.350. The summed E-state index contributed by atoms with van der Waals surface area (Å²) in [6.07, 6.45) is -0.108. The molecule has 0 saturated heterocycles. The van der Waals surface area contributed by atoms with Crippen LogP contribution in [-0.2, 0) is 15.1 Å². The van der Waals surface area contributed by atoms with Gasteiger partial charge in [0.2, 0.25) is 0 Å². The van der Waals surface area contributed by atoms with E-state index in [0.717, 1.165) is 5.75 Å². The molecule has 0 aliphatic rings. The molecule has 0 aliphatic heterocycles. The molecule has 0 spiro atoms. The van der Waals surface area contributed by atoms with Crippen LogP contribution in [0.3, 0.4) is 0 Å². The van der Waals surface area contributed by atoms with E-state index in [1.165, 1.54) is 0 Å². The fourth-order valence-electron chi connectivity index (χ4n) is 2.27. The second kappa shape index (κ2) is 7.05. The van der Waals surface area contributed by atoms with E-state index in [-0.39, 0.29) is 6.42 Å². The summed E-state index contributed by atoms with van der Waals surface area (Å²) in [5.74, 6) is 0.973. The zero-order valence-electron chi connectivity index (χ0n) is 14.6. The Labute approximate surface area is 143 Å². The first-order valence-electron chi connectivity index (χ1n) is 7.93. The molecule has 0 amide bonds. The van der Waals surface area contributed by atoms with Crippen LogP contribution < -0.4 is 4.74 Å². The first kappa shape index (κ1) is 18.0. The third-order valence-corrected chi connectivity index (χ3v) is 3.36. The molecule has 4 heteroatoms. The minimum atomic E-state index is -1.30. The van der Waals surface area contributed by atoms with Gasteiger partial charge in [-0.2, -0.15) is 0 Å². The van der Waals surface area contributed by atoms with Gasteiger partial charge in [-0.25, -0.2) is 0 Å². The number of rotatable bonds is 5. The average molecular weight is 328 g/mol. The molecule has 0 heterocycles. The SMILES string of the molecule is CC(C)(C)OC(=O)CC(C)(O)c1ccc(Oc2ccccc2)cc1. The predicted molar refractivity (Wildman–Crippen MR) is 93.0 cm³/mol. The van der Waals surface area contributed by atoms with Crippen LogP contribution in [0.2, 0.25) is 0 Å². The maximum atomic E-state index is 11.9. The molecule has 2 aromatic rings. The van der Waals surface area contributed by atoms with Crippen LogP contribution in [-0.4, -0.2) is 16.7 Å². The second-order valence-corrected chi connectivity index (χ2v) is 6.98. The van der Waals surface area contributed by atoms with E-state index in [1.54, 1.807) is 52.0 Å². The van der Waals surface area contributed by atoms with Crippen LogP contribution in [0.1, 0.15) is 39.7 Å². The summed E-state index contributed by atoms with van der Waals surface area (Å²) >= 11 is 0. The minimum Gasteiger partial charge on any atom is -0.460 e. The summed E-state index contributed by atoms with van der Waals surface area (Å²) in [6, 6.07) is 16.5. The van der Waals surface area contributed by atoms with Gasteiger partial charge in [-0.15, -0.1) is 0 Å². The lowest BCUT2D eigenvalue weighted by Gasteiger charge is -2.26. The van der Waals surface area contributed by atoms with Gasteiger partial charge in [0, 0.05) is 0 Å². The number of esters is 1. The quantitative estimate of drug-likeness (QED) is 0.826. The van der Waals surface area contributed by atoms with Crippen LogP contribution in [0.15, 0.2) is 54.6 Å². The molecule has 0 saturated carbocycles. The highest BCUT2D eigenvalue weighted by molar-refractivity contribution is 5.71. The molecule has 24 heavy (non-hydrogen) atoms. The van der Waals surface area contributed by atoms with Crippen molar-refractivity contribution in [2.24, 2.45) is 0 Å². The van der Waals surface area contributed by atoms with Gasteiger partial charge in [0.05, 0.1) is 12.0 Å². The van der Waals surface area contributed by atoms with Crippen molar-refractivity contribution in [2.45, 2.75) is 45.3 Å². The molecule has 0 aliphatic carbocycles. The lowest BCUT2D eigenvalue weighted by molar-refractivity contribution is -0.160. The molecule has 2 aromatic carbocycles. The van der Waals surface area contributed by atoms with Crippen LogP contribution in [0.25, 0.3) is 0 Å². The highest BCUT2D eigenvalue weighted by atomic mass is 16.6. The van der Waals surface area contributed by atoms with Crippen LogP contribution in [0, 0.1) is 0 Å². The Morgan fingerprint density at radius 1 is 0.917 bits per heavy atom. The number of ether oxygens (including phenoxy) is 2. The van der Waals surface area contributed by atoms with Gasteiger partial charge in [0.15, 0.2) is 0 Å². The highest BCUT2D eigenvalue weighted by Crippen LogP contribution is 2.29. The van der Waals surface area contributed by atoms with Gasteiger partial charge >= 0.3 is 5.97 Å². The Kier molecular flexibility index (Phi) is 5.30. The molecule has 2 rings (SSSR count). The normalized spacial score (nSPS) is 13.9. The Hall–Kier alpha value is -2.33. The summed E-state index contributed by atoms with van der Waals surface area (Å²) < 4.78 is 11.0. The standard InChI is InChI=1S/C20H24O4/c1-19(2,3)24-18(21)14-20(4,22)15-10-12-17(13-11-15)23-16-8-6-5-7-9-16/h5-13,22H,14H2,1-4H3. The smallest absolute Gasteiger partial charge is 0.309 e. The maximum Gasteiger partial charge on any atom is 0.309 e. The van der Waals surface area contributed by atoms with Gasteiger partial charge in [-0.1, -0.05) is 30.3 Å². The summed E-state index contributed by atoms with van der Waals surface area (Å²) in [7, 11) is 0. The van der Waals surface area contributed by atoms with E-state index in [0.29, 0.717) is 11.3 Å². The van der Waals surface area contributed by atoms with Crippen LogP contribution in [0.5, 0.6) is 11.5 Å². The summed E-state index contributed by atoms with van der Waals surface area (Å²) in [5, 5.41) is 10.6. The van der Waals surface area contributed by atoms with E-state index in [1.807, 2.05) is 30.3 Å². The number of hydrogen-bond acceptors (Lipinski definition) is 4. The first-order chi connectivity index (χ1) is 11.2. The van der Waals surface area contributed by atoms with Crippen molar-refractivity contribution in [1.29, 1.82) is 0 Å². The lowest BCUT2D eigenvalue weighted by Crippen LogP contribution is -2.31. The molecule has 4 nitrogen and oxygen atoms in total. The largest absolute Gasteiger partial charge is 0.460 e. The molecule has 1 atom stereocenters. The molecular weight excluding hydrogens is 304 g/mol. The van der Waals surface area contributed by atoms with Crippen LogP contribution in [0.4, 0.5) is 0 Å².